The smallest absolute Gasteiger partial charge is 0.191 e. The van der Waals surface area contributed by atoms with Crippen LogP contribution in [0, 0.1) is 0 Å². The molecule has 26 heavy (non-hydrogen) atoms. The number of guanidine groups is 1. The molecule has 0 bridgehead atoms. The molecule has 1 aliphatic rings. The molecule has 1 saturated heterocycles. The van der Waals surface area contributed by atoms with E-state index in [2.05, 4.69) is 42.6 Å². The fourth-order valence-electron chi connectivity index (χ4n) is 3.13. The second-order valence-electron chi connectivity index (χ2n) is 6.52. The van der Waals surface area contributed by atoms with Crippen molar-refractivity contribution in [1.29, 1.82) is 0 Å². The number of nitrogens with zero attached hydrogens (tertiary/aromatic N) is 4. The average molecular weight is 352 g/mol. The van der Waals surface area contributed by atoms with Crippen LogP contribution >= 0.6 is 0 Å². The van der Waals surface area contributed by atoms with Gasteiger partial charge < -0.3 is 15.5 Å². The Morgan fingerprint density at radius 1 is 1.00 bits per heavy atom. The van der Waals surface area contributed by atoms with Gasteiger partial charge in [-0.15, -0.1) is 0 Å². The van der Waals surface area contributed by atoms with Crippen LogP contribution in [0.5, 0.6) is 0 Å². The summed E-state index contributed by atoms with van der Waals surface area (Å²) >= 11 is 0. The van der Waals surface area contributed by atoms with Crippen LogP contribution in [0.3, 0.4) is 0 Å². The lowest BCUT2D eigenvalue weighted by molar-refractivity contribution is 0.726. The van der Waals surface area contributed by atoms with Crippen molar-refractivity contribution in [3.63, 3.8) is 0 Å². The molecule has 2 aromatic heterocycles. The summed E-state index contributed by atoms with van der Waals surface area (Å²) in [6.07, 6.45) is 8.88. The molecule has 3 rings (SSSR count). The molecule has 1 aliphatic heterocycles. The maximum Gasteiger partial charge on any atom is 0.191 e. The van der Waals surface area contributed by atoms with E-state index >= 15 is 0 Å². The van der Waals surface area contributed by atoms with E-state index in [1.54, 1.807) is 13.2 Å². The predicted octanol–water partition coefficient (Wildman–Crippen LogP) is 2.72. The molecule has 1 fully saturated rings. The Bertz CT molecular complexity index is 692. The van der Waals surface area contributed by atoms with Crippen molar-refractivity contribution in [2.45, 2.75) is 38.8 Å². The number of hydrogen-bond donors (Lipinski definition) is 2. The first-order chi connectivity index (χ1) is 12.8. The monoisotopic (exact) mass is 352 g/mol. The summed E-state index contributed by atoms with van der Waals surface area (Å²) in [5.41, 5.74) is 2.20. The zero-order valence-corrected chi connectivity index (χ0v) is 15.5. The van der Waals surface area contributed by atoms with E-state index < -0.39 is 0 Å². The van der Waals surface area contributed by atoms with Gasteiger partial charge in [0.05, 0.1) is 12.2 Å². The van der Waals surface area contributed by atoms with Crippen molar-refractivity contribution < 1.29 is 0 Å². The van der Waals surface area contributed by atoms with Gasteiger partial charge in [-0.1, -0.05) is 18.9 Å². The molecule has 0 saturated carbocycles. The van der Waals surface area contributed by atoms with Gasteiger partial charge in [-0.3, -0.25) is 9.98 Å². The van der Waals surface area contributed by atoms with E-state index in [-0.39, 0.29) is 0 Å². The summed E-state index contributed by atoms with van der Waals surface area (Å²) in [7, 11) is 1.78. The van der Waals surface area contributed by atoms with E-state index in [0.29, 0.717) is 13.1 Å². The van der Waals surface area contributed by atoms with Crippen LogP contribution in [0.4, 0.5) is 5.82 Å². The highest BCUT2D eigenvalue weighted by molar-refractivity contribution is 5.79. The molecule has 0 spiro atoms. The Hall–Kier alpha value is -2.63. The van der Waals surface area contributed by atoms with E-state index in [1.165, 1.54) is 31.2 Å². The van der Waals surface area contributed by atoms with E-state index in [4.69, 9.17) is 0 Å². The highest BCUT2D eigenvalue weighted by Gasteiger charge is 2.11. The number of anilines is 1. The minimum Gasteiger partial charge on any atom is -0.357 e. The second-order valence-corrected chi connectivity index (χ2v) is 6.52. The SMILES string of the molecule is CN=C(NCc1ccnc(N2CCCCCC2)c1)NCc1ccccn1. The van der Waals surface area contributed by atoms with E-state index in [9.17, 15) is 0 Å². The zero-order chi connectivity index (χ0) is 18.0. The zero-order valence-electron chi connectivity index (χ0n) is 15.5. The summed E-state index contributed by atoms with van der Waals surface area (Å²) in [6.45, 7) is 3.58. The summed E-state index contributed by atoms with van der Waals surface area (Å²) in [5, 5.41) is 6.66. The Kier molecular flexibility index (Phi) is 6.81. The van der Waals surface area contributed by atoms with Crippen LogP contribution in [0.25, 0.3) is 0 Å². The summed E-state index contributed by atoms with van der Waals surface area (Å²) in [5.74, 6) is 1.85. The minimum absolute atomic E-state index is 0.649. The number of hydrogen-bond acceptors (Lipinski definition) is 4. The lowest BCUT2D eigenvalue weighted by Crippen LogP contribution is -2.36. The Balaban J connectivity index is 1.53. The molecule has 6 heteroatoms. The molecule has 0 unspecified atom stereocenters. The molecule has 0 atom stereocenters. The van der Waals surface area contributed by atoms with E-state index in [1.807, 2.05) is 24.4 Å². The first-order valence-corrected chi connectivity index (χ1v) is 9.39. The topological polar surface area (TPSA) is 65.4 Å². The van der Waals surface area contributed by atoms with Crippen LogP contribution in [-0.4, -0.2) is 36.1 Å². The third-order valence-corrected chi connectivity index (χ3v) is 4.59. The van der Waals surface area contributed by atoms with Gasteiger partial charge in [0.2, 0.25) is 0 Å². The second kappa shape index (κ2) is 9.75. The van der Waals surface area contributed by atoms with Crippen molar-refractivity contribution in [3.8, 4) is 0 Å². The predicted molar refractivity (Wildman–Crippen MR) is 106 cm³/mol. The highest BCUT2D eigenvalue weighted by Crippen LogP contribution is 2.18. The van der Waals surface area contributed by atoms with Gasteiger partial charge in [0, 0.05) is 39.1 Å². The number of pyridine rings is 2. The fraction of sp³-hybridized carbons (Fsp3) is 0.450. The average Bonchev–Trinajstić information content (AvgIpc) is 2.99. The summed E-state index contributed by atoms with van der Waals surface area (Å²) in [4.78, 5) is 15.6. The molecular weight excluding hydrogens is 324 g/mol. The van der Waals surface area contributed by atoms with E-state index in [0.717, 1.165) is 30.6 Å². The van der Waals surface area contributed by atoms with Crippen LogP contribution in [0.1, 0.15) is 36.9 Å². The van der Waals surface area contributed by atoms with Crippen molar-refractivity contribution in [3.05, 3.63) is 54.0 Å². The maximum absolute atomic E-state index is 4.57. The Morgan fingerprint density at radius 3 is 2.54 bits per heavy atom. The highest BCUT2D eigenvalue weighted by atomic mass is 15.2. The molecule has 0 radical (unpaired) electrons. The quantitative estimate of drug-likeness (QED) is 0.640. The molecule has 3 heterocycles. The molecule has 0 amide bonds. The maximum atomic E-state index is 4.57. The molecule has 0 aromatic carbocycles. The number of aromatic nitrogens is 2. The number of aliphatic imine (C=N–C) groups is 1. The van der Waals surface area contributed by atoms with Gasteiger partial charge in [-0.2, -0.15) is 0 Å². The summed E-state index contributed by atoms with van der Waals surface area (Å²) in [6, 6.07) is 10.1. The fourth-order valence-corrected chi connectivity index (χ4v) is 3.13. The van der Waals surface area contributed by atoms with Crippen LogP contribution in [0.2, 0.25) is 0 Å². The van der Waals surface area contributed by atoms with Crippen molar-refractivity contribution in [2.24, 2.45) is 4.99 Å². The molecular formula is C20H28N6. The lowest BCUT2D eigenvalue weighted by atomic mass is 10.2. The number of rotatable bonds is 5. The van der Waals surface area contributed by atoms with Gasteiger partial charge in [0.15, 0.2) is 5.96 Å². The Morgan fingerprint density at radius 2 is 1.81 bits per heavy atom. The third kappa shape index (κ3) is 5.44. The summed E-state index contributed by atoms with van der Waals surface area (Å²) < 4.78 is 0. The molecule has 138 valence electrons. The largest absolute Gasteiger partial charge is 0.357 e. The molecule has 2 aromatic rings. The van der Waals surface area contributed by atoms with Gasteiger partial charge in [-0.05, 0) is 42.7 Å². The first-order valence-electron chi connectivity index (χ1n) is 9.39. The van der Waals surface area contributed by atoms with Gasteiger partial charge in [0.1, 0.15) is 5.82 Å². The van der Waals surface area contributed by atoms with Crippen molar-refractivity contribution in [2.75, 3.05) is 25.0 Å². The van der Waals surface area contributed by atoms with Gasteiger partial charge >= 0.3 is 0 Å². The Labute approximate surface area is 155 Å². The van der Waals surface area contributed by atoms with Gasteiger partial charge in [-0.25, -0.2) is 4.98 Å². The molecule has 2 N–H and O–H groups in total. The lowest BCUT2D eigenvalue weighted by Gasteiger charge is -2.22. The first kappa shape index (κ1) is 18.2. The minimum atomic E-state index is 0.649. The van der Waals surface area contributed by atoms with Crippen molar-refractivity contribution >= 4 is 11.8 Å². The molecule has 6 nitrogen and oxygen atoms in total. The normalized spacial score (nSPS) is 15.4. The standard InChI is InChI=1S/C20H28N6/c1-21-20(25-16-18-8-4-5-10-22-18)24-15-17-9-11-23-19(14-17)26-12-6-2-3-7-13-26/h4-5,8-11,14H,2-3,6-7,12-13,15-16H2,1H3,(H2,21,24,25). The van der Waals surface area contributed by atoms with Crippen LogP contribution in [0.15, 0.2) is 47.7 Å². The van der Waals surface area contributed by atoms with Crippen LogP contribution in [-0.2, 0) is 13.1 Å². The number of nitrogens with one attached hydrogen (secondary N) is 2. The molecule has 0 aliphatic carbocycles. The van der Waals surface area contributed by atoms with Crippen LogP contribution < -0.4 is 15.5 Å². The van der Waals surface area contributed by atoms with Crippen molar-refractivity contribution in [1.82, 2.24) is 20.6 Å². The van der Waals surface area contributed by atoms with Gasteiger partial charge in [0.25, 0.3) is 0 Å². The third-order valence-electron chi connectivity index (χ3n) is 4.59.